The molecular formula is C12H11AsCl2. The Morgan fingerprint density at radius 2 is 0.933 bits per heavy atom. The van der Waals surface area contributed by atoms with E-state index >= 15 is 0 Å². The molecule has 0 nitrogen and oxygen atoms in total. The van der Waals surface area contributed by atoms with Gasteiger partial charge in [-0.25, -0.2) is 0 Å². The zero-order valence-corrected chi connectivity index (χ0v) is 11.6. The maximum atomic E-state index is 6.54. The van der Waals surface area contributed by atoms with Crippen molar-refractivity contribution < 1.29 is 0 Å². The van der Waals surface area contributed by atoms with Crippen molar-refractivity contribution in [2.45, 2.75) is 0 Å². The SMILES string of the molecule is Cl[AsH](Cl)(c1ccccc1)c1ccccc1. The third kappa shape index (κ3) is 2.39. The van der Waals surface area contributed by atoms with Crippen molar-refractivity contribution in [3.8, 4) is 0 Å². The van der Waals surface area contributed by atoms with Crippen LogP contribution in [0.15, 0.2) is 60.7 Å². The molecule has 0 aromatic heterocycles. The molecule has 0 heterocycles. The number of hydrogen-bond acceptors (Lipinski definition) is 0. The van der Waals surface area contributed by atoms with Crippen LogP contribution >= 0.6 is 19.9 Å². The molecule has 0 fully saturated rings. The van der Waals surface area contributed by atoms with Gasteiger partial charge < -0.3 is 0 Å². The van der Waals surface area contributed by atoms with Crippen molar-refractivity contribution in [2.75, 3.05) is 0 Å². The van der Waals surface area contributed by atoms with E-state index in [0.29, 0.717) is 0 Å². The van der Waals surface area contributed by atoms with Gasteiger partial charge in [0.25, 0.3) is 0 Å². The third-order valence-corrected chi connectivity index (χ3v) is 11.2. The summed E-state index contributed by atoms with van der Waals surface area (Å²) in [6.07, 6.45) is 0. The molecule has 0 aliphatic carbocycles. The molecule has 78 valence electrons. The standard InChI is InChI=1S/C12H11AsCl2/c14-13(15,11-7-3-1-4-8-11)12-9-5-2-6-10-12/h1-10,13H. The topological polar surface area (TPSA) is 0 Å². The molecule has 0 aliphatic rings. The molecule has 2 rings (SSSR count). The summed E-state index contributed by atoms with van der Waals surface area (Å²) in [7, 11) is 13.1. The molecule has 15 heavy (non-hydrogen) atoms. The van der Waals surface area contributed by atoms with E-state index in [1.165, 1.54) is 0 Å². The first kappa shape index (κ1) is 11.1. The van der Waals surface area contributed by atoms with E-state index in [4.69, 9.17) is 19.9 Å². The second-order valence-corrected chi connectivity index (χ2v) is 15.0. The van der Waals surface area contributed by atoms with Gasteiger partial charge in [-0.15, -0.1) is 0 Å². The van der Waals surface area contributed by atoms with E-state index in [1.807, 2.05) is 60.7 Å². The molecule has 3 heteroatoms. The molecule has 0 amide bonds. The maximum absolute atomic E-state index is 6.54. The van der Waals surface area contributed by atoms with Crippen LogP contribution in [-0.4, -0.2) is 11.7 Å². The Morgan fingerprint density at radius 3 is 1.27 bits per heavy atom. The van der Waals surface area contributed by atoms with Gasteiger partial charge in [0.15, 0.2) is 0 Å². The van der Waals surface area contributed by atoms with Crippen LogP contribution in [-0.2, 0) is 0 Å². The van der Waals surface area contributed by atoms with E-state index < -0.39 is 11.7 Å². The summed E-state index contributed by atoms with van der Waals surface area (Å²) < 4.78 is 2.15. The van der Waals surface area contributed by atoms with Crippen molar-refractivity contribution in [3.63, 3.8) is 0 Å². The van der Waals surface area contributed by atoms with Crippen molar-refractivity contribution in [1.29, 1.82) is 0 Å². The van der Waals surface area contributed by atoms with Crippen LogP contribution in [0.5, 0.6) is 0 Å². The second-order valence-electron chi connectivity index (χ2n) is 3.31. The molecule has 0 N–H and O–H groups in total. The number of halogens is 2. The normalized spacial score (nSPS) is 12.4. The van der Waals surface area contributed by atoms with Gasteiger partial charge in [-0.2, -0.15) is 0 Å². The Labute approximate surface area is 101 Å². The first-order chi connectivity index (χ1) is 7.21. The third-order valence-electron chi connectivity index (χ3n) is 2.27. The second kappa shape index (κ2) is 4.61. The summed E-state index contributed by atoms with van der Waals surface area (Å²) >= 11 is -3.05. The van der Waals surface area contributed by atoms with Crippen molar-refractivity contribution in [3.05, 3.63) is 60.7 Å². The average molecular weight is 301 g/mol. The number of hydrogen-bond donors (Lipinski definition) is 0. The van der Waals surface area contributed by atoms with Crippen LogP contribution in [0.1, 0.15) is 0 Å². The molecule has 0 spiro atoms. The van der Waals surface area contributed by atoms with E-state index in [0.717, 1.165) is 8.70 Å². The van der Waals surface area contributed by atoms with E-state index in [9.17, 15) is 0 Å². The Kier molecular flexibility index (Phi) is 3.41. The van der Waals surface area contributed by atoms with Crippen LogP contribution in [0.2, 0.25) is 0 Å². The van der Waals surface area contributed by atoms with Gasteiger partial charge in [0, 0.05) is 0 Å². The molecule has 0 saturated carbocycles. The quantitative estimate of drug-likeness (QED) is 0.748. The van der Waals surface area contributed by atoms with E-state index in [2.05, 4.69) is 0 Å². The van der Waals surface area contributed by atoms with Crippen LogP contribution in [0.4, 0.5) is 0 Å². The molecule has 0 radical (unpaired) electrons. The van der Waals surface area contributed by atoms with Crippen LogP contribution in [0.25, 0.3) is 0 Å². The Bertz CT molecular complexity index is 384. The molecule has 0 atom stereocenters. The van der Waals surface area contributed by atoms with Crippen LogP contribution in [0.3, 0.4) is 0 Å². The minimum atomic E-state index is -3.05. The van der Waals surface area contributed by atoms with Gasteiger partial charge in [-0.3, -0.25) is 0 Å². The predicted molar refractivity (Wildman–Crippen MR) is 71.0 cm³/mol. The zero-order valence-electron chi connectivity index (χ0n) is 8.03. The molecule has 2 aromatic rings. The average Bonchev–Trinajstić information content (AvgIpc) is 2.31. The summed E-state index contributed by atoms with van der Waals surface area (Å²) in [5, 5.41) is 0. The van der Waals surface area contributed by atoms with Crippen molar-refractivity contribution in [1.82, 2.24) is 0 Å². The van der Waals surface area contributed by atoms with Gasteiger partial charge in [-0.05, 0) is 0 Å². The summed E-state index contributed by atoms with van der Waals surface area (Å²) in [6.45, 7) is 0. The van der Waals surface area contributed by atoms with Gasteiger partial charge in [0.1, 0.15) is 0 Å². The van der Waals surface area contributed by atoms with Crippen LogP contribution in [0, 0.1) is 0 Å². The van der Waals surface area contributed by atoms with Crippen molar-refractivity contribution in [2.24, 2.45) is 0 Å². The summed E-state index contributed by atoms with van der Waals surface area (Å²) in [4.78, 5) is 0. The first-order valence-corrected chi connectivity index (χ1v) is 12.3. The minimum absolute atomic E-state index is 1.08. The number of rotatable bonds is 2. The van der Waals surface area contributed by atoms with Gasteiger partial charge in [-0.1, -0.05) is 0 Å². The fourth-order valence-corrected chi connectivity index (χ4v) is 7.34. The Morgan fingerprint density at radius 1 is 0.600 bits per heavy atom. The Hall–Kier alpha value is -0.422. The molecule has 0 saturated heterocycles. The van der Waals surface area contributed by atoms with Gasteiger partial charge in [0.05, 0.1) is 0 Å². The van der Waals surface area contributed by atoms with E-state index in [1.54, 1.807) is 0 Å². The zero-order chi connectivity index (χ0) is 10.7. The molecule has 2 aromatic carbocycles. The van der Waals surface area contributed by atoms with Gasteiger partial charge in [0.2, 0.25) is 0 Å². The summed E-state index contributed by atoms with van der Waals surface area (Å²) in [6, 6.07) is 19.9. The van der Waals surface area contributed by atoms with E-state index in [-0.39, 0.29) is 0 Å². The van der Waals surface area contributed by atoms with Gasteiger partial charge >= 0.3 is 101 Å². The molecular weight excluding hydrogens is 290 g/mol. The Balaban J connectivity index is 2.44. The number of benzene rings is 2. The molecule has 0 aliphatic heterocycles. The first-order valence-electron chi connectivity index (χ1n) is 4.70. The van der Waals surface area contributed by atoms with Crippen molar-refractivity contribution >= 4 is 40.3 Å². The monoisotopic (exact) mass is 300 g/mol. The van der Waals surface area contributed by atoms with Crippen LogP contribution < -0.4 is 8.70 Å². The molecule has 0 unspecified atom stereocenters. The fraction of sp³-hybridized carbons (Fsp3) is 0. The fourth-order valence-electron chi connectivity index (χ4n) is 1.46. The summed E-state index contributed by atoms with van der Waals surface area (Å²) in [5.74, 6) is 0. The summed E-state index contributed by atoms with van der Waals surface area (Å²) in [5.41, 5.74) is 0. The predicted octanol–water partition coefficient (Wildman–Crippen LogP) is 2.45. The molecule has 0 bridgehead atoms.